The summed E-state index contributed by atoms with van der Waals surface area (Å²) < 4.78 is 0. The second-order valence-electron chi connectivity index (χ2n) is 2.85. The summed E-state index contributed by atoms with van der Waals surface area (Å²) in [4.78, 5) is 10.7. The highest BCUT2D eigenvalue weighted by Crippen LogP contribution is 2.17. The van der Waals surface area contributed by atoms with Gasteiger partial charge in [0.25, 0.3) is 0 Å². The number of carboxylic acid groups (broad SMARTS) is 1. The zero-order chi connectivity index (χ0) is 12.1. The second kappa shape index (κ2) is 4.78. The lowest BCUT2D eigenvalue weighted by Gasteiger charge is -1.99. The maximum atomic E-state index is 10.7. The van der Waals surface area contributed by atoms with Crippen molar-refractivity contribution < 1.29 is 15.0 Å². The van der Waals surface area contributed by atoms with Crippen molar-refractivity contribution in [3.63, 3.8) is 0 Å². The molecular weight excluding hydrogens is 212 g/mol. The Morgan fingerprint density at radius 1 is 1.38 bits per heavy atom. The Morgan fingerprint density at radius 2 is 2.06 bits per heavy atom. The molecule has 0 spiro atoms. The van der Waals surface area contributed by atoms with Crippen LogP contribution in [0.15, 0.2) is 28.4 Å². The van der Waals surface area contributed by atoms with Crippen molar-refractivity contribution in [2.24, 2.45) is 21.7 Å². The van der Waals surface area contributed by atoms with Gasteiger partial charge in [-0.1, -0.05) is 0 Å². The summed E-state index contributed by atoms with van der Waals surface area (Å²) in [6.07, 6.45) is 1.27. The monoisotopic (exact) mass is 222 g/mol. The van der Waals surface area contributed by atoms with Crippen LogP contribution in [0.4, 0.5) is 0 Å². The van der Waals surface area contributed by atoms with Crippen LogP contribution in [-0.4, -0.2) is 28.4 Å². The molecule has 1 rings (SSSR count). The summed E-state index contributed by atoms with van der Waals surface area (Å²) in [5, 5.41) is 24.8. The SMILES string of the molecule is NC(N)=N/N=C\c1ccc(O)c(C(=O)O)c1. The number of aromatic hydroxyl groups is 1. The maximum Gasteiger partial charge on any atom is 0.339 e. The molecule has 0 aliphatic rings. The Morgan fingerprint density at radius 3 is 2.62 bits per heavy atom. The predicted molar refractivity (Wildman–Crippen MR) is 58.5 cm³/mol. The van der Waals surface area contributed by atoms with Gasteiger partial charge in [-0.05, 0) is 23.8 Å². The van der Waals surface area contributed by atoms with E-state index in [9.17, 15) is 9.90 Å². The summed E-state index contributed by atoms with van der Waals surface area (Å²) in [7, 11) is 0. The fraction of sp³-hybridized carbons (Fsp3) is 0. The molecule has 1 aromatic rings. The van der Waals surface area contributed by atoms with Gasteiger partial charge in [0.15, 0.2) is 0 Å². The largest absolute Gasteiger partial charge is 0.507 e. The van der Waals surface area contributed by atoms with Gasteiger partial charge in [0.1, 0.15) is 11.3 Å². The summed E-state index contributed by atoms with van der Waals surface area (Å²) in [6, 6.07) is 3.98. The third kappa shape index (κ3) is 2.98. The lowest BCUT2D eigenvalue weighted by Crippen LogP contribution is -2.21. The molecule has 0 atom stereocenters. The normalized spacial score (nSPS) is 10.2. The molecule has 0 aliphatic carbocycles. The van der Waals surface area contributed by atoms with Gasteiger partial charge in [-0.2, -0.15) is 5.10 Å². The third-order valence-corrected chi connectivity index (χ3v) is 1.63. The topological polar surface area (TPSA) is 134 Å². The van der Waals surface area contributed by atoms with E-state index in [4.69, 9.17) is 16.6 Å². The standard InChI is InChI=1S/C9H10N4O3/c10-9(11)13-12-4-5-1-2-7(14)6(3-5)8(15)16/h1-4,14H,(H,15,16)(H4,10,11,13)/b12-4-. The van der Waals surface area contributed by atoms with Gasteiger partial charge < -0.3 is 21.7 Å². The highest BCUT2D eigenvalue weighted by molar-refractivity contribution is 5.93. The molecule has 7 nitrogen and oxygen atoms in total. The van der Waals surface area contributed by atoms with Crippen LogP contribution in [0.5, 0.6) is 5.75 Å². The highest BCUT2D eigenvalue weighted by Gasteiger charge is 2.08. The molecule has 0 aromatic heterocycles. The van der Waals surface area contributed by atoms with Crippen molar-refractivity contribution in [3.8, 4) is 5.75 Å². The number of carbonyl (C=O) groups is 1. The number of hydrogen-bond donors (Lipinski definition) is 4. The van der Waals surface area contributed by atoms with Crippen molar-refractivity contribution in [1.29, 1.82) is 0 Å². The summed E-state index contributed by atoms with van der Waals surface area (Å²) >= 11 is 0. The Bertz CT molecular complexity index is 464. The lowest BCUT2D eigenvalue weighted by atomic mass is 10.1. The number of guanidine groups is 1. The Labute approximate surface area is 90.7 Å². The van der Waals surface area contributed by atoms with Crippen LogP contribution in [-0.2, 0) is 0 Å². The van der Waals surface area contributed by atoms with Gasteiger partial charge in [-0.15, -0.1) is 5.10 Å². The van der Waals surface area contributed by atoms with Crippen LogP contribution in [0, 0.1) is 0 Å². The van der Waals surface area contributed by atoms with Crippen molar-refractivity contribution in [1.82, 2.24) is 0 Å². The lowest BCUT2D eigenvalue weighted by molar-refractivity contribution is 0.0693. The number of hydrogen-bond acceptors (Lipinski definition) is 4. The fourth-order valence-electron chi connectivity index (χ4n) is 0.967. The minimum absolute atomic E-state index is 0.200. The zero-order valence-corrected chi connectivity index (χ0v) is 8.16. The van der Waals surface area contributed by atoms with Gasteiger partial charge in [-0.25, -0.2) is 4.79 Å². The van der Waals surface area contributed by atoms with Crippen LogP contribution in [0.3, 0.4) is 0 Å². The minimum Gasteiger partial charge on any atom is -0.507 e. The molecule has 16 heavy (non-hydrogen) atoms. The first-order valence-electron chi connectivity index (χ1n) is 4.19. The molecular formula is C9H10N4O3. The molecule has 0 amide bonds. The maximum absolute atomic E-state index is 10.7. The Hall–Kier alpha value is -2.57. The summed E-state index contributed by atoms with van der Waals surface area (Å²) in [5.41, 5.74) is 10.3. The first-order valence-corrected chi connectivity index (χ1v) is 4.19. The molecule has 0 radical (unpaired) electrons. The molecule has 0 unspecified atom stereocenters. The van der Waals surface area contributed by atoms with Gasteiger partial charge in [-0.3, -0.25) is 0 Å². The Kier molecular flexibility index (Phi) is 3.44. The fourth-order valence-corrected chi connectivity index (χ4v) is 0.967. The van der Waals surface area contributed by atoms with Crippen LogP contribution in [0.2, 0.25) is 0 Å². The van der Waals surface area contributed by atoms with Gasteiger partial charge in [0.05, 0.1) is 6.21 Å². The van der Waals surface area contributed by atoms with E-state index in [1.807, 2.05) is 0 Å². The van der Waals surface area contributed by atoms with Crippen molar-refractivity contribution in [2.45, 2.75) is 0 Å². The van der Waals surface area contributed by atoms with Gasteiger partial charge in [0, 0.05) is 0 Å². The number of rotatable bonds is 3. The number of phenols is 1. The van der Waals surface area contributed by atoms with E-state index in [1.165, 1.54) is 24.4 Å². The molecule has 0 fully saturated rings. The van der Waals surface area contributed by atoms with E-state index in [1.54, 1.807) is 0 Å². The van der Waals surface area contributed by atoms with Crippen LogP contribution in [0.25, 0.3) is 0 Å². The number of aromatic carboxylic acids is 1. The smallest absolute Gasteiger partial charge is 0.339 e. The van der Waals surface area contributed by atoms with E-state index in [0.29, 0.717) is 5.56 Å². The van der Waals surface area contributed by atoms with Crippen molar-refractivity contribution in [2.75, 3.05) is 0 Å². The number of nitrogens with zero attached hydrogens (tertiary/aromatic N) is 2. The summed E-state index contributed by atoms with van der Waals surface area (Å²) in [6.45, 7) is 0. The molecule has 7 heteroatoms. The molecule has 1 aromatic carbocycles. The van der Waals surface area contributed by atoms with Crippen LogP contribution < -0.4 is 11.5 Å². The summed E-state index contributed by atoms with van der Waals surface area (Å²) in [5.74, 6) is -1.74. The van der Waals surface area contributed by atoms with Crippen molar-refractivity contribution >= 4 is 18.1 Å². The van der Waals surface area contributed by atoms with E-state index >= 15 is 0 Å². The highest BCUT2D eigenvalue weighted by atomic mass is 16.4. The van der Waals surface area contributed by atoms with E-state index < -0.39 is 5.97 Å². The predicted octanol–water partition coefficient (Wildman–Crippen LogP) is -0.302. The third-order valence-electron chi connectivity index (χ3n) is 1.63. The number of nitrogens with two attached hydrogens (primary N) is 2. The molecule has 6 N–H and O–H groups in total. The van der Waals surface area contributed by atoms with Crippen molar-refractivity contribution in [3.05, 3.63) is 29.3 Å². The van der Waals surface area contributed by atoms with Gasteiger partial charge >= 0.3 is 5.97 Å². The minimum atomic E-state index is -1.23. The molecule has 84 valence electrons. The second-order valence-corrected chi connectivity index (χ2v) is 2.85. The first-order chi connectivity index (χ1) is 7.50. The molecule has 0 heterocycles. The van der Waals surface area contributed by atoms with Gasteiger partial charge in [0.2, 0.25) is 5.96 Å². The van der Waals surface area contributed by atoms with Crippen LogP contribution in [0.1, 0.15) is 15.9 Å². The number of benzene rings is 1. The first kappa shape index (κ1) is 11.5. The van der Waals surface area contributed by atoms with E-state index in [-0.39, 0.29) is 17.3 Å². The molecule has 0 saturated heterocycles. The van der Waals surface area contributed by atoms with E-state index in [0.717, 1.165) is 0 Å². The zero-order valence-electron chi connectivity index (χ0n) is 8.16. The average molecular weight is 222 g/mol. The molecule has 0 bridgehead atoms. The molecule has 0 saturated carbocycles. The molecule has 0 aliphatic heterocycles. The Balaban J connectivity index is 3.00. The number of carboxylic acids is 1. The van der Waals surface area contributed by atoms with E-state index in [2.05, 4.69) is 10.2 Å². The quantitative estimate of drug-likeness (QED) is 0.316. The average Bonchev–Trinajstić information content (AvgIpc) is 2.19. The van der Waals surface area contributed by atoms with Crippen LogP contribution >= 0.6 is 0 Å².